The molecule has 1 aromatic rings. The molecule has 1 heterocycles. The lowest BCUT2D eigenvalue weighted by molar-refractivity contribution is -0.126. The fourth-order valence-corrected chi connectivity index (χ4v) is 3.28. The molecule has 0 aromatic heterocycles. The Morgan fingerprint density at radius 2 is 2.00 bits per heavy atom. The highest BCUT2D eigenvalue weighted by molar-refractivity contribution is 7.99. The molecule has 1 aromatic carbocycles. The lowest BCUT2D eigenvalue weighted by Gasteiger charge is -2.28. The monoisotopic (exact) mass is 292 g/mol. The van der Waals surface area contributed by atoms with E-state index in [1.807, 2.05) is 17.8 Å². The van der Waals surface area contributed by atoms with E-state index >= 15 is 0 Å². The van der Waals surface area contributed by atoms with E-state index in [0.717, 1.165) is 44.6 Å². The Morgan fingerprint density at radius 3 is 2.70 bits per heavy atom. The zero-order valence-corrected chi connectivity index (χ0v) is 13.0. The van der Waals surface area contributed by atoms with Crippen molar-refractivity contribution >= 4 is 17.7 Å². The summed E-state index contributed by atoms with van der Waals surface area (Å²) in [5, 5.41) is 3.08. The summed E-state index contributed by atoms with van der Waals surface area (Å²) in [6.07, 6.45) is 3.03. The van der Waals surface area contributed by atoms with Crippen LogP contribution < -0.4 is 5.32 Å². The summed E-state index contributed by atoms with van der Waals surface area (Å²) < 4.78 is 0. The molecule has 0 radical (unpaired) electrons. The van der Waals surface area contributed by atoms with Crippen LogP contribution in [0.2, 0.25) is 0 Å². The van der Waals surface area contributed by atoms with Gasteiger partial charge in [-0.25, -0.2) is 0 Å². The molecule has 1 saturated heterocycles. The predicted molar refractivity (Wildman–Crippen MR) is 85.0 cm³/mol. The van der Waals surface area contributed by atoms with Crippen LogP contribution in [0.3, 0.4) is 0 Å². The number of hydrogen-bond acceptors (Lipinski definition) is 3. The Bertz CT molecular complexity index is 402. The van der Waals surface area contributed by atoms with Gasteiger partial charge in [0, 0.05) is 17.4 Å². The third-order valence-corrected chi connectivity index (χ3v) is 4.82. The van der Waals surface area contributed by atoms with Gasteiger partial charge in [0.2, 0.25) is 5.91 Å². The second-order valence-electron chi connectivity index (χ2n) is 5.38. The zero-order chi connectivity index (χ0) is 14.2. The maximum Gasteiger partial charge on any atom is 0.223 e. The van der Waals surface area contributed by atoms with Crippen LogP contribution in [-0.4, -0.2) is 43.2 Å². The van der Waals surface area contributed by atoms with Gasteiger partial charge in [0.15, 0.2) is 0 Å². The summed E-state index contributed by atoms with van der Waals surface area (Å²) in [6.45, 7) is 2.88. The fourth-order valence-electron chi connectivity index (χ4n) is 2.41. The van der Waals surface area contributed by atoms with E-state index in [1.165, 1.54) is 4.90 Å². The first kappa shape index (κ1) is 15.4. The Morgan fingerprint density at radius 1 is 1.30 bits per heavy atom. The number of piperidine rings is 1. The molecule has 0 aliphatic carbocycles. The number of hydrogen-bond donors (Lipinski definition) is 1. The molecule has 0 atom stereocenters. The van der Waals surface area contributed by atoms with Crippen LogP contribution in [0.15, 0.2) is 35.2 Å². The van der Waals surface area contributed by atoms with Gasteiger partial charge in [0.25, 0.3) is 0 Å². The first-order valence-electron chi connectivity index (χ1n) is 7.40. The third kappa shape index (κ3) is 5.17. The number of nitrogens with one attached hydrogen (secondary N) is 1. The zero-order valence-electron chi connectivity index (χ0n) is 12.2. The molecule has 110 valence electrons. The summed E-state index contributed by atoms with van der Waals surface area (Å²) in [4.78, 5) is 15.6. The Labute approximate surface area is 126 Å². The van der Waals surface area contributed by atoms with Gasteiger partial charge in [-0.2, -0.15) is 0 Å². The number of likely N-dealkylation sites (tertiary alicyclic amines) is 1. The minimum Gasteiger partial charge on any atom is -0.356 e. The molecule has 1 aliphatic heterocycles. The summed E-state index contributed by atoms with van der Waals surface area (Å²) in [6, 6.07) is 10.4. The van der Waals surface area contributed by atoms with E-state index in [1.54, 1.807) is 0 Å². The van der Waals surface area contributed by atoms with Crippen LogP contribution in [0, 0.1) is 5.92 Å². The Hall–Kier alpha value is -1.00. The van der Waals surface area contributed by atoms with Gasteiger partial charge >= 0.3 is 0 Å². The van der Waals surface area contributed by atoms with Crippen LogP contribution in [0.4, 0.5) is 0 Å². The maximum absolute atomic E-state index is 12.0. The second kappa shape index (κ2) is 8.32. The van der Waals surface area contributed by atoms with Crippen LogP contribution in [0.25, 0.3) is 0 Å². The van der Waals surface area contributed by atoms with Gasteiger partial charge in [-0.3, -0.25) is 4.79 Å². The first-order chi connectivity index (χ1) is 9.75. The lowest BCUT2D eigenvalue weighted by Crippen LogP contribution is -2.39. The highest BCUT2D eigenvalue weighted by Gasteiger charge is 2.22. The van der Waals surface area contributed by atoms with E-state index in [4.69, 9.17) is 0 Å². The van der Waals surface area contributed by atoms with Gasteiger partial charge in [-0.1, -0.05) is 18.2 Å². The van der Waals surface area contributed by atoms with Crippen molar-refractivity contribution < 1.29 is 4.79 Å². The van der Waals surface area contributed by atoms with Crippen LogP contribution in [-0.2, 0) is 4.79 Å². The van der Waals surface area contributed by atoms with Crippen LogP contribution >= 0.6 is 11.8 Å². The van der Waals surface area contributed by atoms with Gasteiger partial charge < -0.3 is 10.2 Å². The molecule has 1 amide bonds. The largest absolute Gasteiger partial charge is 0.356 e. The van der Waals surface area contributed by atoms with Crippen molar-refractivity contribution in [1.82, 2.24) is 10.2 Å². The summed E-state index contributed by atoms with van der Waals surface area (Å²) in [5.41, 5.74) is 0. The summed E-state index contributed by atoms with van der Waals surface area (Å²) in [5.74, 6) is 1.54. The van der Waals surface area contributed by atoms with Gasteiger partial charge in [-0.05, 0) is 57.3 Å². The molecule has 4 heteroatoms. The number of carbonyl (C=O) groups is 1. The fraction of sp³-hybridized carbons (Fsp3) is 0.562. The van der Waals surface area contributed by atoms with Gasteiger partial charge in [0.1, 0.15) is 0 Å². The number of nitrogens with zero attached hydrogens (tertiary/aromatic N) is 1. The molecule has 1 N–H and O–H groups in total. The Kier molecular flexibility index (Phi) is 6.40. The molecule has 3 nitrogen and oxygen atoms in total. The van der Waals surface area contributed by atoms with Crippen molar-refractivity contribution in [3.8, 4) is 0 Å². The SMILES string of the molecule is CN1CCC(C(=O)NCCCSc2ccccc2)CC1. The summed E-state index contributed by atoms with van der Waals surface area (Å²) in [7, 11) is 2.12. The molecule has 1 aliphatic rings. The molecule has 0 unspecified atom stereocenters. The maximum atomic E-state index is 12.0. The van der Waals surface area contributed by atoms with Crippen molar-refractivity contribution in [3.05, 3.63) is 30.3 Å². The Balaban J connectivity index is 1.55. The van der Waals surface area contributed by atoms with Crippen molar-refractivity contribution in [1.29, 1.82) is 0 Å². The number of thioether (sulfide) groups is 1. The average Bonchev–Trinajstić information content (AvgIpc) is 2.48. The van der Waals surface area contributed by atoms with Crippen molar-refractivity contribution in [2.75, 3.05) is 32.4 Å². The van der Waals surface area contributed by atoms with Crippen LogP contribution in [0.5, 0.6) is 0 Å². The van der Waals surface area contributed by atoms with E-state index in [9.17, 15) is 4.79 Å². The second-order valence-corrected chi connectivity index (χ2v) is 6.55. The summed E-state index contributed by atoms with van der Waals surface area (Å²) >= 11 is 1.85. The minimum atomic E-state index is 0.230. The number of amides is 1. The van der Waals surface area contributed by atoms with E-state index in [0.29, 0.717) is 0 Å². The van der Waals surface area contributed by atoms with E-state index in [2.05, 4.69) is 41.5 Å². The molecule has 1 fully saturated rings. The normalized spacial score (nSPS) is 17.1. The van der Waals surface area contributed by atoms with Crippen molar-refractivity contribution in [2.45, 2.75) is 24.2 Å². The number of rotatable bonds is 6. The van der Waals surface area contributed by atoms with Crippen LogP contribution in [0.1, 0.15) is 19.3 Å². The number of carbonyl (C=O) groups excluding carboxylic acids is 1. The lowest BCUT2D eigenvalue weighted by atomic mass is 9.96. The molecule has 0 bridgehead atoms. The molecular formula is C16H24N2OS. The highest BCUT2D eigenvalue weighted by Crippen LogP contribution is 2.18. The van der Waals surface area contributed by atoms with Gasteiger partial charge in [0.05, 0.1) is 0 Å². The van der Waals surface area contributed by atoms with E-state index in [-0.39, 0.29) is 11.8 Å². The molecule has 2 rings (SSSR count). The van der Waals surface area contributed by atoms with Gasteiger partial charge in [-0.15, -0.1) is 11.8 Å². The number of benzene rings is 1. The molecule has 20 heavy (non-hydrogen) atoms. The minimum absolute atomic E-state index is 0.230. The first-order valence-corrected chi connectivity index (χ1v) is 8.38. The third-order valence-electron chi connectivity index (χ3n) is 3.72. The smallest absolute Gasteiger partial charge is 0.223 e. The molecular weight excluding hydrogens is 268 g/mol. The quantitative estimate of drug-likeness (QED) is 0.646. The standard InChI is InChI=1S/C16H24N2OS/c1-18-11-8-14(9-12-18)16(19)17-10-5-13-20-15-6-3-2-4-7-15/h2-4,6-7,14H,5,8-13H2,1H3,(H,17,19). The van der Waals surface area contributed by atoms with Crippen molar-refractivity contribution in [2.24, 2.45) is 5.92 Å². The topological polar surface area (TPSA) is 32.3 Å². The van der Waals surface area contributed by atoms with E-state index < -0.39 is 0 Å². The molecule has 0 spiro atoms. The highest BCUT2D eigenvalue weighted by atomic mass is 32.2. The molecule has 0 saturated carbocycles. The average molecular weight is 292 g/mol. The van der Waals surface area contributed by atoms with Crippen molar-refractivity contribution in [3.63, 3.8) is 0 Å². The predicted octanol–water partition coefficient (Wildman–Crippen LogP) is 2.63.